The normalized spacial score (nSPS) is 35.8. The first-order valence-corrected chi connectivity index (χ1v) is 6.08. The van der Waals surface area contributed by atoms with Crippen LogP contribution < -0.4 is 5.43 Å². The minimum absolute atomic E-state index is 0.243. The maximum absolute atomic E-state index is 5.95. The van der Waals surface area contributed by atoms with Gasteiger partial charge in [0.25, 0.3) is 0 Å². The van der Waals surface area contributed by atoms with E-state index in [0.29, 0.717) is 6.04 Å². The van der Waals surface area contributed by atoms with Gasteiger partial charge in [-0.15, -0.1) is 0 Å². The van der Waals surface area contributed by atoms with Gasteiger partial charge in [0.2, 0.25) is 0 Å². The van der Waals surface area contributed by atoms with Crippen LogP contribution in [0.15, 0.2) is 10.3 Å². The summed E-state index contributed by atoms with van der Waals surface area (Å²) in [7, 11) is 0. The molecule has 1 aliphatic carbocycles. The third-order valence-electron chi connectivity index (χ3n) is 3.16. The van der Waals surface area contributed by atoms with Gasteiger partial charge in [0.15, 0.2) is 0 Å². The highest BCUT2D eigenvalue weighted by molar-refractivity contribution is 4.91. The summed E-state index contributed by atoms with van der Waals surface area (Å²) >= 11 is 0. The Hall–Kier alpha value is -0.640. The molecule has 1 heterocycles. The van der Waals surface area contributed by atoms with E-state index < -0.39 is 0 Å². The number of hydrogen-bond acceptors (Lipinski definition) is 4. The fourth-order valence-corrected chi connectivity index (χ4v) is 2.46. The smallest absolute Gasteiger partial charge is 0.121 e. The second kappa shape index (κ2) is 4.92. The van der Waals surface area contributed by atoms with Crippen LogP contribution >= 0.6 is 0 Å². The van der Waals surface area contributed by atoms with Gasteiger partial charge in [0.05, 0.1) is 18.2 Å². The average Bonchev–Trinajstić information content (AvgIpc) is 2.59. The zero-order valence-corrected chi connectivity index (χ0v) is 9.65. The number of hydrogen-bond donors (Lipinski definition) is 1. The van der Waals surface area contributed by atoms with Crippen LogP contribution in [0.2, 0.25) is 0 Å². The molecule has 0 aromatic heterocycles. The van der Waals surface area contributed by atoms with E-state index in [4.69, 9.17) is 4.74 Å². The summed E-state index contributed by atoms with van der Waals surface area (Å²) in [4.78, 5) is 0. The third-order valence-corrected chi connectivity index (χ3v) is 3.16. The Morgan fingerprint density at radius 2 is 2.00 bits per heavy atom. The number of fused-ring (bicyclic) bond motifs is 1. The Morgan fingerprint density at radius 3 is 2.80 bits per heavy atom. The van der Waals surface area contributed by atoms with Crippen molar-refractivity contribution in [3.63, 3.8) is 0 Å². The van der Waals surface area contributed by atoms with E-state index in [1.807, 2.05) is 0 Å². The quantitative estimate of drug-likeness (QED) is 0.762. The first-order valence-electron chi connectivity index (χ1n) is 6.08. The standard InChI is InChI=1S/C11H21N3O/c1-8(2)15-10-7-5-3-4-6-9-11(10)13-14-12-9/h8-11H,3-7H2,1-2H3,(H,12,13). The van der Waals surface area contributed by atoms with Crippen molar-refractivity contribution in [3.05, 3.63) is 0 Å². The molecule has 86 valence electrons. The molecular formula is C11H21N3O. The summed E-state index contributed by atoms with van der Waals surface area (Å²) in [5.74, 6) is 0. The fraction of sp³-hybridized carbons (Fsp3) is 1.00. The van der Waals surface area contributed by atoms with Gasteiger partial charge in [0, 0.05) is 0 Å². The van der Waals surface area contributed by atoms with E-state index in [0.717, 1.165) is 6.42 Å². The van der Waals surface area contributed by atoms with Crippen molar-refractivity contribution in [2.45, 2.75) is 70.2 Å². The van der Waals surface area contributed by atoms with E-state index in [1.54, 1.807) is 0 Å². The highest BCUT2D eigenvalue weighted by atomic mass is 16.5. The molecule has 1 saturated carbocycles. The summed E-state index contributed by atoms with van der Waals surface area (Å²) in [6.45, 7) is 4.18. The molecule has 1 fully saturated rings. The van der Waals surface area contributed by atoms with Crippen LogP contribution in [-0.2, 0) is 4.74 Å². The molecule has 1 N–H and O–H groups in total. The topological polar surface area (TPSA) is 46.0 Å². The van der Waals surface area contributed by atoms with Crippen molar-refractivity contribution >= 4 is 0 Å². The summed E-state index contributed by atoms with van der Waals surface area (Å²) < 4.78 is 5.95. The van der Waals surface area contributed by atoms with E-state index >= 15 is 0 Å². The van der Waals surface area contributed by atoms with Crippen molar-refractivity contribution < 1.29 is 4.74 Å². The van der Waals surface area contributed by atoms with E-state index in [-0.39, 0.29) is 18.2 Å². The largest absolute Gasteiger partial charge is 0.373 e. The van der Waals surface area contributed by atoms with Gasteiger partial charge in [-0.05, 0) is 26.7 Å². The Morgan fingerprint density at radius 1 is 1.20 bits per heavy atom. The highest BCUT2D eigenvalue weighted by Gasteiger charge is 2.34. The van der Waals surface area contributed by atoms with Crippen molar-refractivity contribution in [2.75, 3.05) is 0 Å². The van der Waals surface area contributed by atoms with Gasteiger partial charge in [-0.25, -0.2) is 0 Å². The van der Waals surface area contributed by atoms with Crippen LogP contribution in [0.25, 0.3) is 0 Å². The molecule has 4 heteroatoms. The number of nitrogens with one attached hydrogen (secondary N) is 1. The molecule has 2 aliphatic rings. The van der Waals surface area contributed by atoms with Gasteiger partial charge in [-0.1, -0.05) is 24.5 Å². The van der Waals surface area contributed by atoms with Crippen molar-refractivity contribution in [3.8, 4) is 0 Å². The van der Waals surface area contributed by atoms with E-state index in [9.17, 15) is 0 Å². The van der Waals surface area contributed by atoms with E-state index in [2.05, 4.69) is 29.6 Å². The van der Waals surface area contributed by atoms with Gasteiger partial charge in [-0.2, -0.15) is 5.11 Å². The van der Waals surface area contributed by atoms with Crippen LogP contribution in [0.1, 0.15) is 46.0 Å². The Bertz CT molecular complexity index is 230. The summed E-state index contributed by atoms with van der Waals surface area (Å²) in [6, 6.07) is 0.654. The van der Waals surface area contributed by atoms with Crippen molar-refractivity contribution in [1.29, 1.82) is 0 Å². The summed E-state index contributed by atoms with van der Waals surface area (Å²) in [5.41, 5.74) is 3.11. The molecule has 0 amide bonds. The van der Waals surface area contributed by atoms with Crippen LogP contribution in [0, 0.1) is 0 Å². The number of nitrogens with zero attached hydrogens (tertiary/aromatic N) is 2. The Labute approximate surface area is 91.5 Å². The monoisotopic (exact) mass is 211 g/mol. The molecule has 4 nitrogen and oxygen atoms in total. The van der Waals surface area contributed by atoms with Gasteiger partial charge < -0.3 is 4.74 Å². The minimum atomic E-state index is 0.243. The van der Waals surface area contributed by atoms with Gasteiger partial charge in [-0.3, -0.25) is 5.43 Å². The lowest BCUT2D eigenvalue weighted by molar-refractivity contribution is -0.0184. The van der Waals surface area contributed by atoms with Gasteiger partial charge in [0.1, 0.15) is 6.04 Å². The molecule has 0 spiro atoms. The van der Waals surface area contributed by atoms with Crippen LogP contribution in [0.3, 0.4) is 0 Å². The lowest BCUT2D eigenvalue weighted by Gasteiger charge is -2.29. The molecule has 1 aliphatic heterocycles. The molecule has 0 aromatic carbocycles. The predicted molar refractivity (Wildman–Crippen MR) is 58.7 cm³/mol. The zero-order valence-electron chi connectivity index (χ0n) is 9.65. The average molecular weight is 211 g/mol. The number of ether oxygens (including phenoxy) is 1. The minimum Gasteiger partial charge on any atom is -0.373 e. The SMILES string of the molecule is CC(C)OC1CCCCCC2NN=NC21. The maximum Gasteiger partial charge on any atom is 0.121 e. The Balaban J connectivity index is 2.00. The molecule has 2 rings (SSSR count). The predicted octanol–water partition coefficient (Wildman–Crippen LogP) is 2.45. The molecule has 15 heavy (non-hydrogen) atoms. The first kappa shape index (κ1) is 10.9. The second-order valence-corrected chi connectivity index (χ2v) is 4.80. The van der Waals surface area contributed by atoms with Crippen molar-refractivity contribution in [2.24, 2.45) is 10.3 Å². The van der Waals surface area contributed by atoms with Crippen LogP contribution in [0.4, 0.5) is 0 Å². The molecule has 0 bridgehead atoms. The first-order chi connectivity index (χ1) is 7.27. The maximum atomic E-state index is 5.95. The Kier molecular flexibility index (Phi) is 3.57. The van der Waals surface area contributed by atoms with Crippen LogP contribution in [0.5, 0.6) is 0 Å². The second-order valence-electron chi connectivity index (χ2n) is 4.80. The fourth-order valence-electron chi connectivity index (χ4n) is 2.46. The number of rotatable bonds is 2. The zero-order chi connectivity index (χ0) is 10.7. The summed E-state index contributed by atoms with van der Waals surface area (Å²) in [5, 5.41) is 8.25. The molecule has 0 radical (unpaired) electrons. The third kappa shape index (κ3) is 2.68. The summed E-state index contributed by atoms with van der Waals surface area (Å²) in [6.07, 6.45) is 6.70. The molecule has 3 unspecified atom stereocenters. The highest BCUT2D eigenvalue weighted by Crippen LogP contribution is 2.26. The molecule has 0 saturated heterocycles. The van der Waals surface area contributed by atoms with E-state index in [1.165, 1.54) is 25.7 Å². The van der Waals surface area contributed by atoms with Gasteiger partial charge >= 0.3 is 0 Å². The lowest BCUT2D eigenvalue weighted by atomic mass is 9.91. The molecule has 0 aromatic rings. The van der Waals surface area contributed by atoms with Crippen molar-refractivity contribution in [1.82, 2.24) is 5.43 Å². The lowest BCUT2D eigenvalue weighted by Crippen LogP contribution is -2.42. The molecular weight excluding hydrogens is 190 g/mol. The van der Waals surface area contributed by atoms with Crippen LogP contribution in [-0.4, -0.2) is 24.3 Å². The molecule has 3 atom stereocenters.